The average molecular weight is 324 g/mol. The van der Waals surface area contributed by atoms with E-state index in [1.54, 1.807) is 22.8 Å². The average Bonchev–Trinajstić information content (AvgIpc) is 3.23. The molecule has 0 aliphatic heterocycles. The molecule has 0 amide bonds. The Kier molecular flexibility index (Phi) is 3.91. The van der Waals surface area contributed by atoms with Crippen LogP contribution >= 0.6 is 23.2 Å². The van der Waals surface area contributed by atoms with Gasteiger partial charge in [0.25, 0.3) is 0 Å². The molecule has 0 N–H and O–H groups in total. The van der Waals surface area contributed by atoms with Crippen molar-refractivity contribution in [3.05, 3.63) is 62.8 Å². The summed E-state index contributed by atoms with van der Waals surface area (Å²) in [6.07, 6.45) is 3.90. The SMILES string of the molecule is C=CCn1c(C2CC2)nn(Cc2ccc(Cl)cc2Cl)c1=O. The molecule has 6 heteroatoms. The van der Waals surface area contributed by atoms with E-state index in [4.69, 9.17) is 23.2 Å². The summed E-state index contributed by atoms with van der Waals surface area (Å²) in [5.41, 5.74) is 0.705. The van der Waals surface area contributed by atoms with E-state index in [0.29, 0.717) is 29.1 Å². The molecule has 0 radical (unpaired) electrons. The lowest BCUT2D eigenvalue weighted by atomic mass is 10.2. The van der Waals surface area contributed by atoms with Gasteiger partial charge >= 0.3 is 5.69 Å². The van der Waals surface area contributed by atoms with Crippen LogP contribution in [0.4, 0.5) is 0 Å². The molecular formula is C15H15Cl2N3O. The summed E-state index contributed by atoms with van der Waals surface area (Å²) >= 11 is 12.1. The van der Waals surface area contributed by atoms with Gasteiger partial charge in [-0.2, -0.15) is 5.10 Å². The molecule has 0 unspecified atom stereocenters. The fourth-order valence-corrected chi connectivity index (χ4v) is 2.78. The first-order chi connectivity index (χ1) is 10.1. The van der Waals surface area contributed by atoms with Gasteiger partial charge in [0.1, 0.15) is 5.82 Å². The fraction of sp³-hybridized carbons (Fsp3) is 0.333. The first-order valence-electron chi connectivity index (χ1n) is 6.82. The maximum absolute atomic E-state index is 12.4. The van der Waals surface area contributed by atoms with Crippen LogP contribution in [0.1, 0.15) is 30.1 Å². The zero-order valence-corrected chi connectivity index (χ0v) is 12.9. The highest BCUT2D eigenvalue weighted by Crippen LogP contribution is 2.38. The van der Waals surface area contributed by atoms with Crippen molar-refractivity contribution in [1.29, 1.82) is 0 Å². The van der Waals surface area contributed by atoms with Crippen LogP contribution in [0.2, 0.25) is 10.0 Å². The predicted molar refractivity (Wildman–Crippen MR) is 84.2 cm³/mol. The maximum atomic E-state index is 12.4. The minimum atomic E-state index is -0.122. The van der Waals surface area contributed by atoms with Gasteiger partial charge in [0.15, 0.2) is 0 Å². The summed E-state index contributed by atoms with van der Waals surface area (Å²) in [4.78, 5) is 12.4. The van der Waals surface area contributed by atoms with E-state index in [0.717, 1.165) is 24.2 Å². The molecule has 1 aliphatic carbocycles. The number of nitrogens with zero attached hydrogens (tertiary/aromatic N) is 3. The minimum absolute atomic E-state index is 0.122. The predicted octanol–water partition coefficient (Wildman–Crippen LogP) is 3.46. The van der Waals surface area contributed by atoms with Crippen LogP contribution < -0.4 is 5.69 Å². The van der Waals surface area contributed by atoms with Gasteiger partial charge < -0.3 is 0 Å². The zero-order chi connectivity index (χ0) is 15.0. The lowest BCUT2D eigenvalue weighted by Gasteiger charge is -2.03. The van der Waals surface area contributed by atoms with Crippen molar-refractivity contribution in [3.63, 3.8) is 0 Å². The van der Waals surface area contributed by atoms with Crippen LogP contribution in [0.15, 0.2) is 35.6 Å². The van der Waals surface area contributed by atoms with E-state index in [1.165, 1.54) is 4.68 Å². The molecule has 1 aliphatic rings. The molecule has 1 aromatic carbocycles. The molecule has 1 fully saturated rings. The van der Waals surface area contributed by atoms with Crippen LogP contribution in [0.5, 0.6) is 0 Å². The van der Waals surface area contributed by atoms with E-state index in [-0.39, 0.29) is 5.69 Å². The number of allylic oxidation sites excluding steroid dienone is 1. The van der Waals surface area contributed by atoms with Crippen molar-refractivity contribution >= 4 is 23.2 Å². The van der Waals surface area contributed by atoms with Crippen molar-refractivity contribution in [2.75, 3.05) is 0 Å². The van der Waals surface area contributed by atoms with Gasteiger partial charge in [-0.25, -0.2) is 9.48 Å². The molecule has 1 aromatic heterocycles. The molecular weight excluding hydrogens is 309 g/mol. The van der Waals surface area contributed by atoms with Gasteiger partial charge in [0.05, 0.1) is 6.54 Å². The largest absolute Gasteiger partial charge is 0.346 e. The van der Waals surface area contributed by atoms with Crippen molar-refractivity contribution in [1.82, 2.24) is 14.3 Å². The third-order valence-electron chi connectivity index (χ3n) is 3.54. The molecule has 2 aromatic rings. The summed E-state index contributed by atoms with van der Waals surface area (Å²) in [7, 11) is 0. The van der Waals surface area contributed by atoms with Crippen LogP contribution in [0.25, 0.3) is 0 Å². The fourth-order valence-electron chi connectivity index (χ4n) is 2.32. The monoisotopic (exact) mass is 323 g/mol. The Balaban J connectivity index is 1.97. The van der Waals surface area contributed by atoms with Gasteiger partial charge in [0, 0.05) is 22.5 Å². The summed E-state index contributed by atoms with van der Waals surface area (Å²) in [6.45, 7) is 4.53. The number of halogens is 2. The molecule has 0 saturated heterocycles. The van der Waals surface area contributed by atoms with Crippen LogP contribution in [-0.2, 0) is 13.1 Å². The minimum Gasteiger partial charge on any atom is -0.275 e. The Morgan fingerprint density at radius 2 is 2.14 bits per heavy atom. The topological polar surface area (TPSA) is 39.8 Å². The number of benzene rings is 1. The van der Waals surface area contributed by atoms with Gasteiger partial charge in [-0.05, 0) is 30.5 Å². The lowest BCUT2D eigenvalue weighted by molar-refractivity contribution is 0.639. The standard InChI is InChI=1S/C15H15Cl2N3O/c1-2-7-19-14(10-3-4-10)18-20(15(19)21)9-11-5-6-12(16)8-13(11)17/h2,5-6,8,10H,1,3-4,7,9H2. The molecule has 21 heavy (non-hydrogen) atoms. The Morgan fingerprint density at radius 1 is 1.38 bits per heavy atom. The van der Waals surface area contributed by atoms with Crippen LogP contribution in [0, 0.1) is 0 Å². The third-order valence-corrected chi connectivity index (χ3v) is 4.13. The lowest BCUT2D eigenvalue weighted by Crippen LogP contribution is -2.25. The number of rotatable bonds is 5. The molecule has 0 spiro atoms. The Hall–Kier alpha value is -1.52. The Morgan fingerprint density at radius 3 is 2.76 bits per heavy atom. The van der Waals surface area contributed by atoms with E-state index in [9.17, 15) is 4.79 Å². The number of hydrogen-bond donors (Lipinski definition) is 0. The van der Waals surface area contributed by atoms with Crippen LogP contribution in [0.3, 0.4) is 0 Å². The smallest absolute Gasteiger partial charge is 0.275 e. The first-order valence-corrected chi connectivity index (χ1v) is 7.58. The second-order valence-electron chi connectivity index (χ2n) is 5.21. The maximum Gasteiger partial charge on any atom is 0.346 e. The van der Waals surface area contributed by atoms with Crippen molar-refractivity contribution in [3.8, 4) is 0 Å². The van der Waals surface area contributed by atoms with Crippen LogP contribution in [-0.4, -0.2) is 14.3 Å². The van der Waals surface area contributed by atoms with Crippen molar-refractivity contribution in [2.45, 2.75) is 31.8 Å². The quantitative estimate of drug-likeness (QED) is 0.790. The van der Waals surface area contributed by atoms with Crippen molar-refractivity contribution in [2.24, 2.45) is 0 Å². The molecule has 4 nitrogen and oxygen atoms in total. The highest BCUT2D eigenvalue weighted by atomic mass is 35.5. The van der Waals surface area contributed by atoms with Gasteiger partial charge in [-0.3, -0.25) is 4.57 Å². The first kappa shape index (κ1) is 14.4. The highest BCUT2D eigenvalue weighted by Gasteiger charge is 2.30. The highest BCUT2D eigenvalue weighted by molar-refractivity contribution is 6.35. The summed E-state index contributed by atoms with van der Waals surface area (Å²) in [6, 6.07) is 5.25. The van der Waals surface area contributed by atoms with E-state index in [1.807, 2.05) is 6.07 Å². The van der Waals surface area contributed by atoms with Crippen molar-refractivity contribution < 1.29 is 0 Å². The summed E-state index contributed by atoms with van der Waals surface area (Å²) < 4.78 is 3.15. The Bertz CT molecular complexity index is 744. The number of aromatic nitrogens is 3. The molecule has 110 valence electrons. The molecule has 1 heterocycles. The molecule has 3 rings (SSSR count). The van der Waals surface area contributed by atoms with E-state index >= 15 is 0 Å². The molecule has 1 saturated carbocycles. The normalized spacial score (nSPS) is 14.4. The molecule has 0 atom stereocenters. The summed E-state index contributed by atoms with van der Waals surface area (Å²) in [5.74, 6) is 1.25. The summed E-state index contributed by atoms with van der Waals surface area (Å²) in [5, 5.41) is 5.60. The second kappa shape index (κ2) is 5.70. The van der Waals surface area contributed by atoms with Gasteiger partial charge in [0.2, 0.25) is 0 Å². The second-order valence-corrected chi connectivity index (χ2v) is 6.05. The van der Waals surface area contributed by atoms with E-state index in [2.05, 4.69) is 11.7 Å². The molecule has 0 bridgehead atoms. The van der Waals surface area contributed by atoms with E-state index < -0.39 is 0 Å². The van der Waals surface area contributed by atoms with Gasteiger partial charge in [-0.15, -0.1) is 6.58 Å². The Labute approximate surface area is 132 Å². The zero-order valence-electron chi connectivity index (χ0n) is 11.4. The van der Waals surface area contributed by atoms with Gasteiger partial charge in [-0.1, -0.05) is 35.3 Å². The third kappa shape index (κ3) is 2.92. The number of hydrogen-bond acceptors (Lipinski definition) is 2.